The summed E-state index contributed by atoms with van der Waals surface area (Å²) < 4.78 is 10.5. The molecule has 114 valence electrons. The molecule has 22 heavy (non-hydrogen) atoms. The van der Waals surface area contributed by atoms with E-state index in [0.29, 0.717) is 0 Å². The van der Waals surface area contributed by atoms with Gasteiger partial charge in [0.25, 0.3) is 5.69 Å². The molecule has 0 aromatic heterocycles. The molecule has 0 saturated carbocycles. The molecule has 0 bridgehead atoms. The summed E-state index contributed by atoms with van der Waals surface area (Å²) in [5.41, 5.74) is 0.0477. The minimum absolute atomic E-state index is 0.0453. The van der Waals surface area contributed by atoms with Gasteiger partial charge in [-0.2, -0.15) is 0 Å². The molecular formula is C15H12ClNO5. The number of rotatable bonds is 5. The third-order valence-corrected chi connectivity index (χ3v) is 3.03. The zero-order valence-electron chi connectivity index (χ0n) is 11.6. The molecule has 0 amide bonds. The summed E-state index contributed by atoms with van der Waals surface area (Å²) in [6.07, 6.45) is 0. The van der Waals surface area contributed by atoms with Gasteiger partial charge in [0, 0.05) is 12.1 Å². The molecule has 0 heterocycles. The summed E-state index contributed by atoms with van der Waals surface area (Å²) in [5, 5.41) is 10.7. The molecule has 0 aliphatic rings. The predicted octanol–water partition coefficient (Wildman–Crippen LogP) is 4.22. The third kappa shape index (κ3) is 3.53. The van der Waals surface area contributed by atoms with Gasteiger partial charge in [0.05, 0.1) is 11.5 Å². The minimum Gasteiger partial charge on any atom is -0.462 e. The van der Waals surface area contributed by atoms with Crippen LogP contribution in [0.5, 0.6) is 11.5 Å². The van der Waals surface area contributed by atoms with E-state index in [2.05, 4.69) is 0 Å². The molecule has 0 fully saturated rings. The first kappa shape index (κ1) is 15.8. The fourth-order valence-corrected chi connectivity index (χ4v) is 2.00. The molecule has 0 saturated heterocycles. The number of hydrogen-bond acceptors (Lipinski definition) is 5. The second kappa shape index (κ2) is 6.91. The Morgan fingerprint density at radius 1 is 1.27 bits per heavy atom. The lowest BCUT2D eigenvalue weighted by molar-refractivity contribution is -0.384. The van der Waals surface area contributed by atoms with Crippen LogP contribution in [-0.2, 0) is 4.74 Å². The summed E-state index contributed by atoms with van der Waals surface area (Å²) >= 11 is 5.83. The predicted molar refractivity (Wildman–Crippen MR) is 80.6 cm³/mol. The smallest absolute Gasteiger partial charge is 0.341 e. The van der Waals surface area contributed by atoms with Gasteiger partial charge in [0.15, 0.2) is 0 Å². The van der Waals surface area contributed by atoms with Crippen molar-refractivity contribution < 1.29 is 19.2 Å². The number of halogens is 1. The summed E-state index contributed by atoms with van der Waals surface area (Å²) in [5.74, 6) is 0.0596. The van der Waals surface area contributed by atoms with Crippen LogP contribution in [0.1, 0.15) is 17.3 Å². The van der Waals surface area contributed by atoms with E-state index in [0.717, 1.165) is 0 Å². The van der Waals surface area contributed by atoms with Gasteiger partial charge < -0.3 is 9.47 Å². The molecule has 0 aliphatic heterocycles. The Morgan fingerprint density at radius 3 is 2.64 bits per heavy atom. The zero-order chi connectivity index (χ0) is 16.1. The summed E-state index contributed by atoms with van der Waals surface area (Å²) in [6.45, 7) is 1.95. The number of para-hydroxylation sites is 1. The third-order valence-electron chi connectivity index (χ3n) is 2.73. The van der Waals surface area contributed by atoms with Crippen LogP contribution < -0.4 is 4.74 Å². The van der Waals surface area contributed by atoms with Crippen LogP contribution in [0, 0.1) is 10.1 Å². The van der Waals surface area contributed by atoms with Gasteiger partial charge in [-0.25, -0.2) is 4.79 Å². The van der Waals surface area contributed by atoms with Crippen LogP contribution in [0.25, 0.3) is 0 Å². The Bertz CT molecular complexity index is 717. The average molecular weight is 322 g/mol. The fraction of sp³-hybridized carbons (Fsp3) is 0.133. The molecule has 6 nitrogen and oxygen atoms in total. The average Bonchev–Trinajstić information content (AvgIpc) is 2.47. The molecule has 0 N–H and O–H groups in total. The number of benzene rings is 2. The topological polar surface area (TPSA) is 78.7 Å². The lowest BCUT2D eigenvalue weighted by Gasteiger charge is -2.10. The molecule has 0 spiro atoms. The van der Waals surface area contributed by atoms with Gasteiger partial charge in [-0.05, 0) is 25.1 Å². The lowest BCUT2D eigenvalue weighted by atomic mass is 10.2. The molecule has 2 rings (SSSR count). The van der Waals surface area contributed by atoms with Crippen molar-refractivity contribution in [2.24, 2.45) is 0 Å². The molecule has 0 unspecified atom stereocenters. The number of carbonyl (C=O) groups excluding carboxylic acids is 1. The van der Waals surface area contributed by atoms with E-state index in [4.69, 9.17) is 21.1 Å². The standard InChI is InChI=1S/C15H12ClNO5/c1-2-21-15(18)11-5-3-4-6-14(11)22-10-7-8-13(17(19)20)12(16)9-10/h3-9H,2H2,1H3. The Hall–Kier alpha value is -2.60. The maximum absolute atomic E-state index is 11.8. The first-order chi connectivity index (χ1) is 10.5. The summed E-state index contributed by atoms with van der Waals surface area (Å²) in [7, 11) is 0. The Kier molecular flexibility index (Phi) is 4.95. The van der Waals surface area contributed by atoms with Gasteiger partial charge >= 0.3 is 5.97 Å². The van der Waals surface area contributed by atoms with Gasteiger partial charge in [-0.15, -0.1) is 0 Å². The SMILES string of the molecule is CCOC(=O)c1ccccc1Oc1ccc([N+](=O)[O-])c(Cl)c1. The summed E-state index contributed by atoms with van der Waals surface area (Å²) in [6, 6.07) is 10.5. The van der Waals surface area contributed by atoms with Crippen molar-refractivity contribution in [1.29, 1.82) is 0 Å². The van der Waals surface area contributed by atoms with Crippen LogP contribution in [0.4, 0.5) is 5.69 Å². The maximum Gasteiger partial charge on any atom is 0.341 e. The first-order valence-corrected chi connectivity index (χ1v) is 6.78. The van der Waals surface area contributed by atoms with Crippen LogP contribution in [-0.4, -0.2) is 17.5 Å². The molecule has 2 aromatic rings. The highest BCUT2D eigenvalue weighted by Gasteiger charge is 2.16. The quantitative estimate of drug-likeness (QED) is 0.468. The van der Waals surface area contributed by atoms with E-state index >= 15 is 0 Å². The van der Waals surface area contributed by atoms with Crippen molar-refractivity contribution in [1.82, 2.24) is 0 Å². The van der Waals surface area contributed by atoms with Gasteiger partial charge in [-0.1, -0.05) is 23.7 Å². The maximum atomic E-state index is 11.8. The minimum atomic E-state index is -0.585. The highest BCUT2D eigenvalue weighted by molar-refractivity contribution is 6.32. The van der Waals surface area contributed by atoms with E-state index in [1.165, 1.54) is 18.2 Å². The van der Waals surface area contributed by atoms with Gasteiger partial charge in [0.2, 0.25) is 0 Å². The fourth-order valence-electron chi connectivity index (χ4n) is 1.76. The Morgan fingerprint density at radius 2 is 2.00 bits per heavy atom. The van der Waals surface area contributed by atoms with Crippen LogP contribution in [0.3, 0.4) is 0 Å². The highest BCUT2D eigenvalue weighted by atomic mass is 35.5. The van der Waals surface area contributed by atoms with Crippen molar-refractivity contribution in [2.75, 3.05) is 6.61 Å². The second-order valence-electron chi connectivity index (χ2n) is 4.19. The number of hydrogen-bond donors (Lipinski definition) is 0. The number of esters is 1. The van der Waals surface area contributed by atoms with Crippen molar-refractivity contribution in [2.45, 2.75) is 6.92 Å². The molecule has 0 radical (unpaired) electrons. The number of nitro groups is 1. The molecule has 0 atom stereocenters. The van der Waals surface area contributed by atoms with E-state index in [-0.39, 0.29) is 34.4 Å². The highest BCUT2D eigenvalue weighted by Crippen LogP contribution is 2.32. The van der Waals surface area contributed by atoms with E-state index < -0.39 is 10.9 Å². The van der Waals surface area contributed by atoms with Gasteiger partial charge in [0.1, 0.15) is 22.1 Å². The van der Waals surface area contributed by atoms with Crippen LogP contribution in [0.2, 0.25) is 5.02 Å². The lowest BCUT2D eigenvalue weighted by Crippen LogP contribution is -2.06. The monoisotopic (exact) mass is 321 g/mol. The van der Waals surface area contributed by atoms with Crippen molar-refractivity contribution >= 4 is 23.3 Å². The van der Waals surface area contributed by atoms with Gasteiger partial charge in [-0.3, -0.25) is 10.1 Å². The van der Waals surface area contributed by atoms with Crippen LogP contribution in [0.15, 0.2) is 42.5 Å². The summed E-state index contributed by atoms with van der Waals surface area (Å²) in [4.78, 5) is 22.0. The van der Waals surface area contributed by atoms with E-state index in [1.54, 1.807) is 31.2 Å². The molecular weight excluding hydrogens is 310 g/mol. The number of carbonyl (C=O) groups is 1. The van der Waals surface area contributed by atoms with Crippen molar-refractivity contribution in [3.8, 4) is 11.5 Å². The number of nitro benzene ring substituents is 1. The normalized spacial score (nSPS) is 10.1. The van der Waals surface area contributed by atoms with Crippen molar-refractivity contribution in [3.63, 3.8) is 0 Å². The first-order valence-electron chi connectivity index (χ1n) is 6.41. The Labute approximate surface area is 131 Å². The second-order valence-corrected chi connectivity index (χ2v) is 4.60. The number of nitrogens with zero attached hydrogens (tertiary/aromatic N) is 1. The van der Waals surface area contributed by atoms with E-state index in [1.807, 2.05) is 0 Å². The number of ether oxygens (including phenoxy) is 2. The zero-order valence-corrected chi connectivity index (χ0v) is 12.4. The molecule has 7 heteroatoms. The molecule has 2 aromatic carbocycles. The molecule has 0 aliphatic carbocycles. The van der Waals surface area contributed by atoms with E-state index in [9.17, 15) is 14.9 Å². The largest absolute Gasteiger partial charge is 0.462 e. The van der Waals surface area contributed by atoms with Crippen LogP contribution >= 0.6 is 11.6 Å². The van der Waals surface area contributed by atoms with Crippen molar-refractivity contribution in [3.05, 3.63) is 63.2 Å². The Balaban J connectivity index is 2.30.